The summed E-state index contributed by atoms with van der Waals surface area (Å²) in [6, 6.07) is 80.1. The highest BCUT2D eigenvalue weighted by molar-refractivity contribution is 6.27. The number of anilines is 6. The van der Waals surface area contributed by atoms with Gasteiger partial charge in [-0.25, -0.2) is 0 Å². The number of aryl methyl sites for hydroxylation is 4. The molecule has 6 heterocycles. The molecule has 0 saturated heterocycles. The van der Waals surface area contributed by atoms with Crippen LogP contribution in [0.3, 0.4) is 0 Å². The van der Waals surface area contributed by atoms with Gasteiger partial charge in [0.05, 0.1) is 11.4 Å². The Hall–Kier alpha value is -10.4. The van der Waals surface area contributed by atoms with E-state index in [1.807, 2.05) is 0 Å². The van der Waals surface area contributed by atoms with Crippen LogP contribution in [0.5, 0.6) is 0 Å². The van der Waals surface area contributed by atoms with Crippen LogP contribution in [-0.4, -0.2) is 18.3 Å². The third kappa shape index (κ3) is 5.68. The second kappa shape index (κ2) is 15.6. The number of para-hydroxylation sites is 4. The first kappa shape index (κ1) is 43.6. The van der Waals surface area contributed by atoms with Gasteiger partial charge in [-0.05, 0) is 146 Å². The molecule has 2 aliphatic heterocycles. The van der Waals surface area contributed by atoms with E-state index in [4.69, 9.17) is 8.83 Å². The summed E-state index contributed by atoms with van der Waals surface area (Å²) in [5.74, 6) is 0. The van der Waals surface area contributed by atoms with Gasteiger partial charge in [0.1, 0.15) is 22.3 Å². The second-order valence-electron chi connectivity index (χ2n) is 21.9. The molecule has 0 atom stereocenters. The minimum Gasteiger partial charge on any atom is -0.456 e. The third-order valence-electron chi connectivity index (χ3n) is 18.0. The number of hydrogen-bond donors (Lipinski definition) is 0. The maximum atomic E-state index is 7.16. The zero-order valence-corrected chi connectivity index (χ0v) is 44.3. The van der Waals surface area contributed by atoms with Gasteiger partial charge >= 0.3 is 0 Å². The molecule has 80 heavy (non-hydrogen) atoms. The van der Waals surface area contributed by atoms with E-state index in [1.165, 1.54) is 87.2 Å². The van der Waals surface area contributed by atoms with Crippen molar-refractivity contribution in [2.75, 3.05) is 9.80 Å². The number of fused-ring (bicyclic) bond motifs is 12. The predicted molar refractivity (Wildman–Crippen MR) is 334 cm³/mol. The highest BCUT2D eigenvalue weighted by Crippen LogP contribution is 2.54. The Morgan fingerprint density at radius 2 is 0.525 bits per heavy atom. The first-order valence-corrected chi connectivity index (χ1v) is 27.4. The van der Waals surface area contributed by atoms with E-state index in [9.17, 15) is 0 Å². The zero-order chi connectivity index (χ0) is 52.8. The van der Waals surface area contributed by atoms with Crippen molar-refractivity contribution in [3.63, 3.8) is 0 Å². The number of aromatic nitrogens is 4. The van der Waals surface area contributed by atoms with Gasteiger partial charge in [0.15, 0.2) is 0 Å². The molecular formula is C72H48N6O2. The molecule has 8 nitrogen and oxygen atoms in total. The van der Waals surface area contributed by atoms with Crippen molar-refractivity contribution >= 4 is 165 Å². The van der Waals surface area contributed by atoms with E-state index >= 15 is 0 Å². The molecule has 0 bridgehead atoms. The highest BCUT2D eigenvalue weighted by atomic mass is 16.3. The second-order valence-corrected chi connectivity index (χ2v) is 21.9. The first-order valence-electron chi connectivity index (χ1n) is 27.4. The quantitative estimate of drug-likeness (QED) is 0.123. The summed E-state index contributed by atoms with van der Waals surface area (Å²) in [7, 11) is 8.65. The van der Waals surface area contributed by atoms with Crippen molar-refractivity contribution in [1.82, 2.24) is 18.3 Å². The third-order valence-corrected chi connectivity index (χ3v) is 18.0. The molecule has 0 radical (unpaired) electrons. The monoisotopic (exact) mass is 1030 g/mol. The van der Waals surface area contributed by atoms with Gasteiger partial charge in [0.25, 0.3) is 0 Å². The van der Waals surface area contributed by atoms with Crippen LogP contribution in [0.25, 0.3) is 142 Å². The minimum atomic E-state index is 0.804. The molecule has 12 aromatic carbocycles. The van der Waals surface area contributed by atoms with Gasteiger partial charge in [-0.3, -0.25) is 0 Å². The summed E-state index contributed by atoms with van der Waals surface area (Å²) in [5.41, 5.74) is 21.3. The standard InChI is InChI=1S/C72H48N6O2/c1-73-55-17-9-5-13-45(55)51-37-41(21-27-59(51)73)77(42-22-28-60-52(38-42)46-14-6-10-18-56(46)74(60)2)63-31-35-65-69-49(63)25-33-67-71(69)72-68(79-65)34-26-50-64(32-36-66(80-67)70(50)72)78(43-23-29-61-53(39-43)47-15-7-11-19-57(47)75(61)3)44-24-30-62-54(40-44)48-16-8-12-20-58(48)76(62)4/h5-40H,1-4H3. The van der Waals surface area contributed by atoms with E-state index in [0.29, 0.717) is 0 Å². The average Bonchev–Trinajstić information content (AvgIpc) is 4.26. The average molecular weight is 1030 g/mol. The van der Waals surface area contributed by atoms with Crippen LogP contribution in [0.2, 0.25) is 0 Å². The number of rotatable bonds is 6. The number of nitrogens with zero attached hydrogens (tertiary/aromatic N) is 6. The van der Waals surface area contributed by atoms with Crippen LogP contribution in [0.4, 0.5) is 34.1 Å². The van der Waals surface area contributed by atoms with Gasteiger partial charge in [-0.15, -0.1) is 0 Å². The van der Waals surface area contributed by atoms with Gasteiger partial charge in [-0.2, -0.15) is 0 Å². The van der Waals surface area contributed by atoms with Crippen molar-refractivity contribution in [3.8, 4) is 11.1 Å². The summed E-state index contributed by atoms with van der Waals surface area (Å²) in [4.78, 5) is 4.88. The molecule has 0 spiro atoms. The lowest BCUT2D eigenvalue weighted by Gasteiger charge is -2.29. The summed E-state index contributed by atoms with van der Waals surface area (Å²) in [6.45, 7) is 0. The Balaban J connectivity index is 0.881. The Kier molecular flexibility index (Phi) is 8.52. The van der Waals surface area contributed by atoms with Crippen LogP contribution in [0, 0.1) is 0 Å². The molecule has 4 aromatic heterocycles. The van der Waals surface area contributed by atoms with Gasteiger partial charge in [0.2, 0.25) is 0 Å². The summed E-state index contributed by atoms with van der Waals surface area (Å²) < 4.78 is 23.5. The molecule has 0 N–H and O–H groups in total. The van der Waals surface area contributed by atoms with Crippen molar-refractivity contribution in [1.29, 1.82) is 0 Å². The highest BCUT2D eigenvalue weighted by Gasteiger charge is 2.30. The molecular weight excluding hydrogens is 981 g/mol. The van der Waals surface area contributed by atoms with Crippen LogP contribution in [0.15, 0.2) is 227 Å². The van der Waals surface area contributed by atoms with Gasteiger partial charge in [0, 0.05) is 171 Å². The Morgan fingerprint density at radius 1 is 0.250 bits per heavy atom. The lowest BCUT2D eigenvalue weighted by Crippen LogP contribution is -2.11. The fourth-order valence-electron chi connectivity index (χ4n) is 14.3. The molecule has 0 amide bonds. The molecule has 18 rings (SSSR count). The summed E-state index contributed by atoms with van der Waals surface area (Å²) >= 11 is 0. The van der Waals surface area contributed by atoms with E-state index in [-0.39, 0.29) is 0 Å². The maximum Gasteiger partial charge on any atom is 0.136 e. The number of hydrogen-bond acceptors (Lipinski definition) is 4. The van der Waals surface area contributed by atoms with E-state index in [2.05, 4.69) is 275 Å². The Labute approximate surface area is 457 Å². The molecule has 0 fully saturated rings. The maximum absolute atomic E-state index is 7.16. The Morgan fingerprint density at radius 3 is 0.838 bits per heavy atom. The van der Waals surface area contributed by atoms with Gasteiger partial charge in [-0.1, -0.05) is 72.8 Å². The fraction of sp³-hybridized carbons (Fsp3) is 0.0556. The normalized spacial score (nSPS) is 12.5. The van der Waals surface area contributed by atoms with Gasteiger partial charge < -0.3 is 36.9 Å². The van der Waals surface area contributed by atoms with Crippen molar-refractivity contribution in [2.24, 2.45) is 28.2 Å². The van der Waals surface area contributed by atoms with E-state index in [0.717, 1.165) is 89.1 Å². The fourth-order valence-corrected chi connectivity index (χ4v) is 14.3. The Bertz CT molecular complexity index is 5050. The minimum absolute atomic E-state index is 0.804. The van der Waals surface area contributed by atoms with E-state index in [1.54, 1.807) is 0 Å². The van der Waals surface area contributed by atoms with Crippen LogP contribution < -0.4 is 9.80 Å². The molecule has 378 valence electrons. The molecule has 2 aliphatic rings. The summed E-state index contributed by atoms with van der Waals surface area (Å²) in [6.07, 6.45) is 0. The van der Waals surface area contributed by atoms with Crippen LogP contribution in [-0.2, 0) is 28.2 Å². The van der Waals surface area contributed by atoms with Crippen LogP contribution in [0.1, 0.15) is 0 Å². The van der Waals surface area contributed by atoms with Crippen molar-refractivity contribution in [2.45, 2.75) is 0 Å². The molecule has 8 heteroatoms. The molecule has 0 unspecified atom stereocenters. The first-order chi connectivity index (χ1) is 39.3. The lowest BCUT2D eigenvalue weighted by molar-refractivity contribution is 0.646. The summed E-state index contributed by atoms with van der Waals surface area (Å²) in [5, 5.41) is 13.9. The topological polar surface area (TPSA) is 52.5 Å². The number of benzene rings is 12. The van der Waals surface area contributed by atoms with Crippen LogP contribution >= 0.6 is 0 Å². The SMILES string of the molecule is Cn1c2ccccc2c2cc(N(c3ccc4c(c3)c3ccccc3n4C)c3ccc4oc5ccc6c(N(c7ccc8c(c7)c7ccccc7n8C)c7ccc8c(c7)c7ccccc7n8C)ccc7oc8ccc3c4c8-c5c76)ccc21. The predicted octanol–water partition coefficient (Wildman–Crippen LogP) is 19.5. The zero-order valence-electron chi connectivity index (χ0n) is 44.3. The van der Waals surface area contributed by atoms with Crippen molar-refractivity contribution in [3.05, 3.63) is 218 Å². The smallest absolute Gasteiger partial charge is 0.136 e. The van der Waals surface area contributed by atoms with E-state index < -0.39 is 0 Å². The molecule has 0 saturated carbocycles. The molecule has 0 aliphatic carbocycles. The molecule has 16 aromatic rings. The van der Waals surface area contributed by atoms with Crippen molar-refractivity contribution < 1.29 is 8.83 Å². The largest absolute Gasteiger partial charge is 0.456 e. The lowest BCUT2D eigenvalue weighted by atomic mass is 9.89.